The zero-order valence-electron chi connectivity index (χ0n) is 14.7. The van der Waals surface area contributed by atoms with Gasteiger partial charge in [0.15, 0.2) is 5.69 Å². The molecular formula is C19H16FN5O2. The quantitative estimate of drug-likeness (QED) is 0.581. The molecule has 2 heterocycles. The molecule has 2 N–H and O–H groups in total. The third-order valence-electron chi connectivity index (χ3n) is 4.25. The molecule has 0 aliphatic carbocycles. The number of anilines is 1. The van der Waals surface area contributed by atoms with Crippen molar-refractivity contribution < 1.29 is 13.9 Å². The maximum atomic E-state index is 13.7. The van der Waals surface area contributed by atoms with Gasteiger partial charge in [0.05, 0.1) is 24.5 Å². The van der Waals surface area contributed by atoms with Crippen molar-refractivity contribution in [3.8, 4) is 17.0 Å². The number of nitrogens with zero attached hydrogens (tertiary/aromatic N) is 3. The normalized spacial score (nSPS) is 10.9. The summed E-state index contributed by atoms with van der Waals surface area (Å²) in [5.74, 6) is -0.270. The molecule has 2 aromatic heterocycles. The average molecular weight is 365 g/mol. The summed E-state index contributed by atoms with van der Waals surface area (Å²) in [4.78, 5) is 12.6. The van der Waals surface area contributed by atoms with Crippen LogP contribution in [0.2, 0.25) is 0 Å². The first-order valence-electron chi connectivity index (χ1n) is 8.17. The van der Waals surface area contributed by atoms with E-state index in [0.717, 1.165) is 10.9 Å². The van der Waals surface area contributed by atoms with Gasteiger partial charge in [0.1, 0.15) is 11.6 Å². The predicted molar refractivity (Wildman–Crippen MR) is 99.2 cm³/mol. The van der Waals surface area contributed by atoms with Crippen molar-refractivity contribution in [1.82, 2.24) is 20.0 Å². The lowest BCUT2D eigenvalue weighted by molar-refractivity contribution is 0.102. The first-order valence-corrected chi connectivity index (χ1v) is 8.17. The van der Waals surface area contributed by atoms with Gasteiger partial charge < -0.3 is 10.1 Å². The van der Waals surface area contributed by atoms with E-state index >= 15 is 0 Å². The third-order valence-corrected chi connectivity index (χ3v) is 4.25. The Morgan fingerprint density at radius 1 is 1.22 bits per heavy atom. The molecule has 0 radical (unpaired) electrons. The molecular weight excluding hydrogens is 349 g/mol. The second-order valence-electron chi connectivity index (χ2n) is 6.01. The topological polar surface area (TPSA) is 84.8 Å². The molecule has 2 aromatic carbocycles. The first kappa shape index (κ1) is 16.8. The Hall–Kier alpha value is -3.68. The summed E-state index contributed by atoms with van der Waals surface area (Å²) in [6.07, 6.45) is 1.71. The molecule has 8 heteroatoms. The summed E-state index contributed by atoms with van der Waals surface area (Å²) in [5, 5.41) is 14.8. The van der Waals surface area contributed by atoms with Crippen LogP contribution in [0.1, 0.15) is 10.5 Å². The number of carbonyl (C=O) groups excluding carboxylic acids is 1. The van der Waals surface area contributed by atoms with Crippen LogP contribution in [-0.4, -0.2) is 33.0 Å². The molecule has 0 atom stereocenters. The Labute approximate surface area is 153 Å². The molecule has 136 valence electrons. The summed E-state index contributed by atoms with van der Waals surface area (Å²) in [6, 6.07) is 11.2. The van der Waals surface area contributed by atoms with Crippen LogP contribution in [0.3, 0.4) is 0 Å². The Morgan fingerprint density at radius 3 is 2.89 bits per heavy atom. The number of H-pyrrole nitrogens is 1. The lowest BCUT2D eigenvalue weighted by Crippen LogP contribution is -2.12. The van der Waals surface area contributed by atoms with E-state index in [4.69, 9.17) is 4.74 Å². The number of methoxy groups -OCH3 is 1. The van der Waals surface area contributed by atoms with Crippen LogP contribution in [0.4, 0.5) is 10.1 Å². The van der Waals surface area contributed by atoms with Crippen molar-refractivity contribution in [2.75, 3.05) is 12.4 Å². The second kappa shape index (κ2) is 6.56. The lowest BCUT2D eigenvalue weighted by Gasteiger charge is -2.08. The molecule has 4 rings (SSSR count). The van der Waals surface area contributed by atoms with Gasteiger partial charge in [0.2, 0.25) is 0 Å². The minimum absolute atomic E-state index is 0.212. The number of carbonyl (C=O) groups is 1. The van der Waals surface area contributed by atoms with Crippen LogP contribution in [0.5, 0.6) is 5.75 Å². The lowest BCUT2D eigenvalue weighted by atomic mass is 10.1. The van der Waals surface area contributed by atoms with Gasteiger partial charge in [-0.2, -0.15) is 10.2 Å². The maximum absolute atomic E-state index is 13.7. The number of hydrogen-bond donors (Lipinski definition) is 2. The van der Waals surface area contributed by atoms with E-state index in [-0.39, 0.29) is 11.6 Å². The molecule has 27 heavy (non-hydrogen) atoms. The number of hydrogen-bond acceptors (Lipinski definition) is 4. The SMILES string of the molecule is COc1ccc(F)cc1-c1cc(C(=O)Nc2ccc3cn[nH]c3c2)nn1C. The molecule has 1 amide bonds. The summed E-state index contributed by atoms with van der Waals surface area (Å²) in [7, 11) is 3.19. The van der Waals surface area contributed by atoms with Gasteiger partial charge >= 0.3 is 0 Å². The summed E-state index contributed by atoms with van der Waals surface area (Å²) >= 11 is 0. The van der Waals surface area contributed by atoms with Gasteiger partial charge in [-0.25, -0.2) is 4.39 Å². The molecule has 0 unspecified atom stereocenters. The fourth-order valence-electron chi connectivity index (χ4n) is 2.92. The number of benzene rings is 2. The largest absolute Gasteiger partial charge is 0.496 e. The molecule has 0 aliphatic rings. The van der Waals surface area contributed by atoms with Crippen LogP contribution < -0.4 is 10.1 Å². The van der Waals surface area contributed by atoms with Crippen molar-refractivity contribution in [2.45, 2.75) is 0 Å². The molecule has 7 nitrogen and oxygen atoms in total. The van der Waals surface area contributed by atoms with Crippen LogP contribution in [0.15, 0.2) is 48.7 Å². The molecule has 4 aromatic rings. The van der Waals surface area contributed by atoms with Crippen LogP contribution >= 0.6 is 0 Å². The van der Waals surface area contributed by atoms with Crippen LogP contribution in [-0.2, 0) is 7.05 Å². The highest BCUT2D eigenvalue weighted by molar-refractivity contribution is 6.04. The Balaban J connectivity index is 1.64. The molecule has 0 saturated heterocycles. The molecule has 0 bridgehead atoms. The summed E-state index contributed by atoms with van der Waals surface area (Å²) < 4.78 is 20.5. The van der Waals surface area contributed by atoms with Gasteiger partial charge in [-0.3, -0.25) is 14.6 Å². The average Bonchev–Trinajstić information content (AvgIpc) is 3.27. The van der Waals surface area contributed by atoms with Gasteiger partial charge in [-0.15, -0.1) is 0 Å². The molecule has 0 saturated carbocycles. The highest BCUT2D eigenvalue weighted by Crippen LogP contribution is 2.31. The van der Waals surface area contributed by atoms with E-state index in [2.05, 4.69) is 20.6 Å². The number of amides is 1. The number of ether oxygens (including phenoxy) is 1. The van der Waals surface area contributed by atoms with Crippen molar-refractivity contribution >= 4 is 22.5 Å². The standard InChI is InChI=1S/C19H16FN5O2/c1-25-17(14-7-12(20)4-6-18(14)27-2)9-16(24-25)19(26)22-13-5-3-11-10-21-23-15(11)8-13/h3-10H,1-2H3,(H,21,23)(H,22,26). The Morgan fingerprint density at radius 2 is 2.07 bits per heavy atom. The molecule has 0 aliphatic heterocycles. The van der Waals surface area contributed by atoms with E-state index < -0.39 is 5.82 Å². The number of aromatic amines is 1. The van der Waals surface area contributed by atoms with Crippen LogP contribution in [0, 0.1) is 5.82 Å². The summed E-state index contributed by atoms with van der Waals surface area (Å²) in [5.41, 5.74) is 2.74. The van der Waals surface area contributed by atoms with Crippen molar-refractivity contribution in [3.63, 3.8) is 0 Å². The fourth-order valence-corrected chi connectivity index (χ4v) is 2.92. The maximum Gasteiger partial charge on any atom is 0.276 e. The van der Waals surface area contributed by atoms with Gasteiger partial charge in [0.25, 0.3) is 5.91 Å². The van der Waals surface area contributed by atoms with E-state index in [0.29, 0.717) is 22.7 Å². The summed E-state index contributed by atoms with van der Waals surface area (Å²) in [6.45, 7) is 0. The highest BCUT2D eigenvalue weighted by Gasteiger charge is 2.17. The van der Waals surface area contributed by atoms with E-state index in [9.17, 15) is 9.18 Å². The minimum atomic E-state index is -0.397. The Kier molecular flexibility index (Phi) is 4.08. The zero-order chi connectivity index (χ0) is 19.0. The number of aromatic nitrogens is 4. The number of rotatable bonds is 4. The van der Waals surface area contributed by atoms with Gasteiger partial charge in [-0.1, -0.05) is 0 Å². The third kappa shape index (κ3) is 3.12. The number of aryl methyl sites for hydroxylation is 1. The van der Waals surface area contributed by atoms with E-state index in [1.165, 1.54) is 30.0 Å². The van der Waals surface area contributed by atoms with E-state index in [1.54, 1.807) is 31.4 Å². The number of nitrogens with one attached hydrogen (secondary N) is 2. The van der Waals surface area contributed by atoms with Gasteiger partial charge in [0, 0.05) is 23.7 Å². The predicted octanol–water partition coefficient (Wildman–Crippen LogP) is 3.36. The zero-order valence-corrected chi connectivity index (χ0v) is 14.7. The number of fused-ring (bicyclic) bond motifs is 1. The minimum Gasteiger partial charge on any atom is -0.496 e. The van der Waals surface area contributed by atoms with E-state index in [1.807, 2.05) is 6.07 Å². The number of halogens is 1. The monoisotopic (exact) mass is 365 g/mol. The second-order valence-corrected chi connectivity index (χ2v) is 6.01. The fraction of sp³-hybridized carbons (Fsp3) is 0.105. The first-order chi connectivity index (χ1) is 13.0. The van der Waals surface area contributed by atoms with Crippen molar-refractivity contribution in [1.29, 1.82) is 0 Å². The Bertz CT molecular complexity index is 1150. The molecule has 0 spiro atoms. The van der Waals surface area contributed by atoms with Crippen molar-refractivity contribution in [2.24, 2.45) is 7.05 Å². The highest BCUT2D eigenvalue weighted by atomic mass is 19.1. The smallest absolute Gasteiger partial charge is 0.276 e. The van der Waals surface area contributed by atoms with Crippen molar-refractivity contribution in [3.05, 3.63) is 60.2 Å². The molecule has 0 fully saturated rings. The van der Waals surface area contributed by atoms with Crippen LogP contribution in [0.25, 0.3) is 22.2 Å². The van der Waals surface area contributed by atoms with Gasteiger partial charge in [-0.05, 0) is 42.5 Å².